The molecule has 1 aliphatic rings. The van der Waals surface area contributed by atoms with Crippen LogP contribution in [0.1, 0.15) is 5.56 Å². The number of anilines is 1. The summed E-state index contributed by atoms with van der Waals surface area (Å²) in [7, 11) is 3.23. The molecular weight excluding hydrogens is 254 g/mol. The summed E-state index contributed by atoms with van der Waals surface area (Å²) in [6.45, 7) is 0. The Bertz CT molecular complexity index is 622. The zero-order chi connectivity index (χ0) is 14.1. The molecule has 0 aromatic heterocycles. The monoisotopic (exact) mass is 269 g/mol. The zero-order valence-electron chi connectivity index (χ0n) is 11.4. The number of rotatable bonds is 2. The maximum atomic E-state index is 12.0. The fourth-order valence-electron chi connectivity index (χ4n) is 2.46. The molecule has 0 aliphatic carbocycles. The van der Waals surface area contributed by atoms with Gasteiger partial charge in [0.15, 0.2) is 0 Å². The highest BCUT2D eigenvalue weighted by Crippen LogP contribution is 2.37. The highest BCUT2D eigenvalue weighted by Gasteiger charge is 2.19. The van der Waals surface area contributed by atoms with Gasteiger partial charge in [0.1, 0.15) is 11.5 Å². The van der Waals surface area contributed by atoms with Crippen molar-refractivity contribution >= 4 is 11.6 Å². The summed E-state index contributed by atoms with van der Waals surface area (Å²) in [6, 6.07) is 11.5. The third kappa shape index (κ3) is 2.09. The van der Waals surface area contributed by atoms with Crippen LogP contribution in [0.25, 0.3) is 11.1 Å². The van der Waals surface area contributed by atoms with Gasteiger partial charge >= 0.3 is 0 Å². The van der Waals surface area contributed by atoms with Crippen molar-refractivity contribution in [2.75, 3.05) is 19.5 Å². The van der Waals surface area contributed by atoms with Crippen LogP contribution in [-0.4, -0.2) is 20.1 Å². The molecule has 2 aromatic rings. The molecule has 0 saturated heterocycles. The second-order valence-corrected chi connectivity index (χ2v) is 4.66. The Labute approximate surface area is 117 Å². The van der Waals surface area contributed by atoms with Crippen LogP contribution in [0.3, 0.4) is 0 Å². The van der Waals surface area contributed by atoms with Gasteiger partial charge in [0.2, 0.25) is 5.91 Å². The first kappa shape index (κ1) is 12.5. The summed E-state index contributed by atoms with van der Waals surface area (Å²) >= 11 is 0. The van der Waals surface area contributed by atoms with Gasteiger partial charge < -0.3 is 14.8 Å². The van der Waals surface area contributed by atoms with E-state index in [1.807, 2.05) is 36.4 Å². The van der Waals surface area contributed by atoms with E-state index in [-0.39, 0.29) is 5.91 Å². The van der Waals surface area contributed by atoms with Crippen LogP contribution < -0.4 is 14.8 Å². The molecule has 1 aliphatic heterocycles. The lowest BCUT2D eigenvalue weighted by Crippen LogP contribution is -2.12. The van der Waals surface area contributed by atoms with Gasteiger partial charge in [-0.15, -0.1) is 0 Å². The molecule has 0 saturated carbocycles. The van der Waals surface area contributed by atoms with Crippen molar-refractivity contribution in [2.45, 2.75) is 6.42 Å². The number of nitrogens with one attached hydrogen (secondary N) is 1. The van der Waals surface area contributed by atoms with Gasteiger partial charge in [-0.2, -0.15) is 0 Å². The lowest BCUT2D eigenvalue weighted by atomic mass is 9.97. The van der Waals surface area contributed by atoms with E-state index in [1.54, 1.807) is 14.2 Å². The van der Waals surface area contributed by atoms with E-state index in [2.05, 4.69) is 5.32 Å². The van der Waals surface area contributed by atoms with Gasteiger partial charge in [-0.1, -0.05) is 6.07 Å². The van der Waals surface area contributed by atoms with Crippen molar-refractivity contribution in [3.63, 3.8) is 0 Å². The Morgan fingerprint density at radius 2 is 1.60 bits per heavy atom. The van der Waals surface area contributed by atoms with Crippen molar-refractivity contribution in [1.82, 2.24) is 0 Å². The SMILES string of the molecule is COc1ccc2c(c1)CC(=O)Nc1cc(OC)ccc1-2. The molecule has 4 nitrogen and oxygen atoms in total. The van der Waals surface area contributed by atoms with Crippen LogP contribution in [-0.2, 0) is 11.2 Å². The van der Waals surface area contributed by atoms with Gasteiger partial charge in [-0.3, -0.25) is 4.79 Å². The molecule has 3 rings (SSSR count). The first-order valence-electron chi connectivity index (χ1n) is 6.36. The lowest BCUT2D eigenvalue weighted by Gasteiger charge is -2.11. The maximum absolute atomic E-state index is 12.0. The van der Waals surface area contributed by atoms with E-state index in [4.69, 9.17) is 9.47 Å². The molecule has 102 valence electrons. The molecule has 20 heavy (non-hydrogen) atoms. The molecule has 1 amide bonds. The largest absolute Gasteiger partial charge is 0.497 e. The molecule has 0 spiro atoms. The fraction of sp³-hybridized carbons (Fsp3) is 0.188. The molecule has 0 radical (unpaired) electrons. The highest BCUT2D eigenvalue weighted by atomic mass is 16.5. The number of methoxy groups -OCH3 is 2. The zero-order valence-corrected chi connectivity index (χ0v) is 11.4. The van der Waals surface area contributed by atoms with Crippen LogP contribution in [0, 0.1) is 0 Å². The van der Waals surface area contributed by atoms with Crippen LogP contribution in [0.2, 0.25) is 0 Å². The number of carbonyl (C=O) groups excluding carboxylic acids is 1. The summed E-state index contributed by atoms with van der Waals surface area (Å²) in [6.07, 6.45) is 0.337. The van der Waals surface area contributed by atoms with Gasteiger partial charge in [-0.05, 0) is 35.4 Å². The molecule has 0 fully saturated rings. The van der Waals surface area contributed by atoms with E-state index in [9.17, 15) is 4.79 Å². The minimum atomic E-state index is -0.0356. The number of hydrogen-bond donors (Lipinski definition) is 1. The molecule has 0 unspecified atom stereocenters. The summed E-state index contributed by atoms with van der Waals surface area (Å²) in [5, 5.41) is 2.92. The molecule has 1 N–H and O–H groups in total. The topological polar surface area (TPSA) is 47.6 Å². The molecule has 2 aromatic carbocycles. The Morgan fingerprint density at radius 1 is 0.950 bits per heavy atom. The Balaban J connectivity index is 2.19. The van der Waals surface area contributed by atoms with Crippen LogP contribution in [0.4, 0.5) is 5.69 Å². The van der Waals surface area contributed by atoms with Crippen molar-refractivity contribution < 1.29 is 14.3 Å². The van der Waals surface area contributed by atoms with E-state index in [0.717, 1.165) is 33.9 Å². The second-order valence-electron chi connectivity index (χ2n) is 4.66. The summed E-state index contributed by atoms with van der Waals surface area (Å²) in [5.41, 5.74) is 3.78. The van der Waals surface area contributed by atoms with E-state index >= 15 is 0 Å². The van der Waals surface area contributed by atoms with E-state index < -0.39 is 0 Å². The molecule has 4 heteroatoms. The molecule has 0 bridgehead atoms. The number of amides is 1. The predicted molar refractivity (Wildman–Crippen MR) is 77.3 cm³/mol. The third-order valence-corrected chi connectivity index (χ3v) is 3.45. The normalized spacial score (nSPS) is 12.8. The van der Waals surface area contributed by atoms with Crippen molar-refractivity contribution in [2.24, 2.45) is 0 Å². The van der Waals surface area contributed by atoms with Crippen molar-refractivity contribution in [3.8, 4) is 22.6 Å². The van der Waals surface area contributed by atoms with Crippen LogP contribution in [0.15, 0.2) is 36.4 Å². The van der Waals surface area contributed by atoms with Gasteiger partial charge in [0.05, 0.1) is 26.3 Å². The minimum Gasteiger partial charge on any atom is -0.497 e. The smallest absolute Gasteiger partial charge is 0.228 e. The van der Waals surface area contributed by atoms with Crippen molar-refractivity contribution in [1.29, 1.82) is 0 Å². The quantitative estimate of drug-likeness (QED) is 0.912. The Kier molecular flexibility index (Phi) is 3.06. The fourth-order valence-corrected chi connectivity index (χ4v) is 2.46. The number of hydrogen-bond acceptors (Lipinski definition) is 3. The highest BCUT2D eigenvalue weighted by molar-refractivity contribution is 6.01. The van der Waals surface area contributed by atoms with Gasteiger partial charge in [0.25, 0.3) is 0 Å². The second kappa shape index (κ2) is 4.89. The summed E-state index contributed by atoms with van der Waals surface area (Å²) < 4.78 is 10.4. The maximum Gasteiger partial charge on any atom is 0.228 e. The van der Waals surface area contributed by atoms with Gasteiger partial charge in [0, 0.05) is 11.6 Å². The first-order chi connectivity index (χ1) is 9.71. The standard InChI is InChI=1S/C16H15NO3/c1-19-11-3-5-13-10(7-11)8-16(18)17-15-9-12(20-2)4-6-14(13)15/h3-7,9H,8H2,1-2H3,(H,17,18). The summed E-state index contributed by atoms with van der Waals surface area (Å²) in [4.78, 5) is 12.0. The number of ether oxygens (including phenoxy) is 2. The van der Waals surface area contributed by atoms with Crippen LogP contribution >= 0.6 is 0 Å². The predicted octanol–water partition coefficient (Wildman–Crippen LogP) is 2.87. The molecular formula is C16H15NO3. The molecule has 1 heterocycles. The average Bonchev–Trinajstić information content (AvgIpc) is 2.60. The van der Waals surface area contributed by atoms with E-state index in [1.165, 1.54) is 0 Å². The van der Waals surface area contributed by atoms with Gasteiger partial charge in [-0.25, -0.2) is 0 Å². The lowest BCUT2D eigenvalue weighted by molar-refractivity contribution is -0.115. The molecule has 0 atom stereocenters. The van der Waals surface area contributed by atoms with Crippen LogP contribution in [0.5, 0.6) is 11.5 Å². The number of benzene rings is 2. The number of fused-ring (bicyclic) bond motifs is 3. The first-order valence-corrected chi connectivity index (χ1v) is 6.36. The van der Waals surface area contributed by atoms with E-state index in [0.29, 0.717) is 6.42 Å². The number of carbonyl (C=O) groups is 1. The third-order valence-electron chi connectivity index (χ3n) is 3.45. The summed E-state index contributed by atoms with van der Waals surface area (Å²) in [5.74, 6) is 1.45. The average molecular weight is 269 g/mol. The van der Waals surface area contributed by atoms with Crippen molar-refractivity contribution in [3.05, 3.63) is 42.0 Å². The Morgan fingerprint density at radius 3 is 2.30 bits per heavy atom. The Hall–Kier alpha value is -2.49. The minimum absolute atomic E-state index is 0.0356.